The van der Waals surface area contributed by atoms with Crippen molar-refractivity contribution in [3.63, 3.8) is 0 Å². The molecule has 0 bridgehead atoms. The Kier molecular flexibility index (Phi) is 8.14. The summed E-state index contributed by atoms with van der Waals surface area (Å²) < 4.78 is 5.49. The predicted molar refractivity (Wildman–Crippen MR) is 107 cm³/mol. The third-order valence-corrected chi connectivity index (χ3v) is 4.40. The lowest BCUT2D eigenvalue weighted by Gasteiger charge is -2.17. The third kappa shape index (κ3) is 5.90. The minimum absolute atomic E-state index is 0.00329. The fourth-order valence-electron chi connectivity index (χ4n) is 2.82. The molecule has 0 N–H and O–H groups in total. The Labute approximate surface area is 164 Å². The summed E-state index contributed by atoms with van der Waals surface area (Å²) in [5.41, 5.74) is 0.579. The molecule has 0 aliphatic heterocycles. The fraction of sp³-hybridized carbons (Fsp3) is 0.333. The molecule has 0 heterocycles. The first-order valence-corrected chi connectivity index (χ1v) is 9.21. The maximum Gasteiger partial charge on any atom is 0.321 e. The second-order valence-electron chi connectivity index (χ2n) is 6.37. The Hall–Kier alpha value is -3.22. The maximum absolute atomic E-state index is 12.2. The van der Waals surface area contributed by atoms with E-state index in [0.717, 1.165) is 24.9 Å². The summed E-state index contributed by atoms with van der Waals surface area (Å²) in [6, 6.07) is 13.9. The van der Waals surface area contributed by atoms with Crippen LogP contribution in [0.4, 0.5) is 11.4 Å². The van der Waals surface area contributed by atoms with E-state index in [4.69, 9.17) is 4.74 Å². The van der Waals surface area contributed by atoms with Crippen molar-refractivity contribution in [2.75, 3.05) is 18.6 Å². The van der Waals surface area contributed by atoms with Gasteiger partial charge in [0, 0.05) is 19.2 Å². The van der Waals surface area contributed by atoms with Crippen LogP contribution in [0.15, 0.2) is 48.5 Å². The van der Waals surface area contributed by atoms with Gasteiger partial charge in [0.2, 0.25) is 5.91 Å². The zero-order chi connectivity index (χ0) is 20.4. The Morgan fingerprint density at radius 2 is 1.79 bits per heavy atom. The van der Waals surface area contributed by atoms with Crippen molar-refractivity contribution >= 4 is 23.6 Å². The fourth-order valence-corrected chi connectivity index (χ4v) is 2.82. The first-order valence-electron chi connectivity index (χ1n) is 9.21. The number of unbranched alkanes of at least 4 members (excludes halogenated alkanes) is 3. The molecule has 148 valence electrons. The van der Waals surface area contributed by atoms with E-state index in [1.165, 1.54) is 12.1 Å². The molecule has 2 aromatic carbocycles. The molecular formula is C21H24N2O5. The van der Waals surface area contributed by atoms with Crippen LogP contribution in [-0.4, -0.2) is 30.8 Å². The number of nitrogens with zero attached hydrogens (tertiary/aromatic N) is 2. The molecule has 0 unspecified atom stereocenters. The van der Waals surface area contributed by atoms with Gasteiger partial charge in [0.05, 0.1) is 17.1 Å². The lowest BCUT2D eigenvalue weighted by atomic mass is 10.1. The molecule has 0 aliphatic rings. The van der Waals surface area contributed by atoms with E-state index in [0.29, 0.717) is 25.7 Å². The molecule has 2 rings (SSSR count). The molecule has 1 amide bonds. The number of para-hydroxylation sites is 2. The van der Waals surface area contributed by atoms with Crippen LogP contribution in [0.1, 0.15) is 42.5 Å². The van der Waals surface area contributed by atoms with Crippen molar-refractivity contribution < 1.29 is 19.2 Å². The maximum atomic E-state index is 12.2. The van der Waals surface area contributed by atoms with Crippen LogP contribution in [0.25, 0.3) is 0 Å². The van der Waals surface area contributed by atoms with Gasteiger partial charge in [-0.15, -0.1) is 0 Å². The first-order chi connectivity index (χ1) is 13.5. The quantitative estimate of drug-likeness (QED) is 0.248. The minimum Gasteiger partial charge on any atom is -0.487 e. The average Bonchev–Trinajstić information content (AvgIpc) is 2.72. The second-order valence-corrected chi connectivity index (χ2v) is 6.37. The smallest absolute Gasteiger partial charge is 0.321 e. The average molecular weight is 384 g/mol. The topological polar surface area (TPSA) is 89.8 Å². The van der Waals surface area contributed by atoms with E-state index in [1.54, 1.807) is 18.0 Å². The summed E-state index contributed by atoms with van der Waals surface area (Å²) in [6.07, 6.45) is 4.13. The summed E-state index contributed by atoms with van der Waals surface area (Å²) >= 11 is 0. The van der Waals surface area contributed by atoms with E-state index >= 15 is 0 Å². The standard InChI is InChI=1S/C21H24N2O5/c1-22(18-11-5-4-6-12-18)20(25)14-7-2-3-8-15-28-19-13-9-10-17(16-24)21(19)23(26)27/h4-6,9-13,16H,2-3,7-8,14-15H2,1H3. The van der Waals surface area contributed by atoms with Gasteiger partial charge in [0.15, 0.2) is 12.0 Å². The van der Waals surface area contributed by atoms with Gasteiger partial charge in [0.1, 0.15) is 0 Å². The molecular weight excluding hydrogens is 360 g/mol. The lowest BCUT2D eigenvalue weighted by molar-refractivity contribution is -0.386. The zero-order valence-electron chi connectivity index (χ0n) is 15.9. The van der Waals surface area contributed by atoms with Gasteiger partial charge >= 0.3 is 5.69 Å². The molecule has 0 radical (unpaired) electrons. The molecule has 0 aliphatic carbocycles. The number of hydrogen-bond acceptors (Lipinski definition) is 5. The molecule has 0 fully saturated rings. The Morgan fingerprint density at radius 1 is 1.07 bits per heavy atom. The highest BCUT2D eigenvalue weighted by Gasteiger charge is 2.20. The van der Waals surface area contributed by atoms with E-state index in [-0.39, 0.29) is 22.9 Å². The zero-order valence-corrected chi connectivity index (χ0v) is 15.9. The van der Waals surface area contributed by atoms with Gasteiger partial charge in [-0.3, -0.25) is 19.7 Å². The molecule has 7 heteroatoms. The molecule has 0 atom stereocenters. The second kappa shape index (κ2) is 10.8. The number of nitro groups is 1. The summed E-state index contributed by atoms with van der Waals surface area (Å²) in [5.74, 6) is 0.179. The van der Waals surface area contributed by atoms with Crippen molar-refractivity contribution in [3.8, 4) is 5.75 Å². The van der Waals surface area contributed by atoms with E-state index in [9.17, 15) is 19.7 Å². The Morgan fingerprint density at radius 3 is 2.46 bits per heavy atom. The van der Waals surface area contributed by atoms with Gasteiger partial charge in [0.25, 0.3) is 0 Å². The van der Waals surface area contributed by atoms with Crippen LogP contribution < -0.4 is 9.64 Å². The summed E-state index contributed by atoms with van der Waals surface area (Å²) in [7, 11) is 1.77. The van der Waals surface area contributed by atoms with Crippen LogP contribution in [0.2, 0.25) is 0 Å². The van der Waals surface area contributed by atoms with Crippen molar-refractivity contribution in [2.24, 2.45) is 0 Å². The molecule has 2 aromatic rings. The largest absolute Gasteiger partial charge is 0.487 e. The highest BCUT2D eigenvalue weighted by molar-refractivity contribution is 5.92. The highest BCUT2D eigenvalue weighted by atomic mass is 16.6. The van der Waals surface area contributed by atoms with Crippen molar-refractivity contribution in [1.82, 2.24) is 0 Å². The number of rotatable bonds is 11. The SMILES string of the molecule is CN(C(=O)CCCCCCOc1cccc(C=O)c1[N+](=O)[O-])c1ccccc1. The Bertz CT molecular complexity index is 808. The number of carbonyl (C=O) groups is 2. The molecule has 0 spiro atoms. The number of ether oxygens (including phenoxy) is 1. The van der Waals surface area contributed by atoms with Crippen LogP contribution in [0, 0.1) is 10.1 Å². The number of amides is 1. The van der Waals surface area contributed by atoms with Gasteiger partial charge < -0.3 is 9.64 Å². The number of benzene rings is 2. The first kappa shape index (κ1) is 21.1. The van der Waals surface area contributed by atoms with Crippen LogP contribution >= 0.6 is 0 Å². The predicted octanol–water partition coefficient (Wildman–Crippen LogP) is 4.40. The van der Waals surface area contributed by atoms with Gasteiger partial charge in [-0.2, -0.15) is 0 Å². The number of aldehydes is 1. The van der Waals surface area contributed by atoms with Crippen LogP contribution in [-0.2, 0) is 4.79 Å². The van der Waals surface area contributed by atoms with Crippen molar-refractivity contribution in [2.45, 2.75) is 32.1 Å². The summed E-state index contributed by atoms with van der Waals surface area (Å²) in [5, 5.41) is 11.1. The van der Waals surface area contributed by atoms with Crippen molar-refractivity contribution in [1.29, 1.82) is 0 Å². The summed E-state index contributed by atoms with van der Waals surface area (Å²) in [6.45, 7) is 0.320. The number of hydrogen-bond donors (Lipinski definition) is 0. The van der Waals surface area contributed by atoms with Crippen molar-refractivity contribution in [3.05, 3.63) is 64.2 Å². The Balaban J connectivity index is 1.68. The van der Waals surface area contributed by atoms with E-state index < -0.39 is 4.92 Å². The van der Waals surface area contributed by atoms with E-state index in [2.05, 4.69) is 0 Å². The molecule has 0 saturated carbocycles. The number of nitro benzene ring substituents is 1. The number of anilines is 1. The van der Waals surface area contributed by atoms with Gasteiger partial charge in [-0.1, -0.05) is 37.1 Å². The molecule has 0 saturated heterocycles. The normalized spacial score (nSPS) is 10.3. The van der Waals surface area contributed by atoms with Gasteiger partial charge in [-0.25, -0.2) is 0 Å². The third-order valence-electron chi connectivity index (χ3n) is 4.40. The lowest BCUT2D eigenvalue weighted by Crippen LogP contribution is -2.25. The summed E-state index contributed by atoms with van der Waals surface area (Å²) in [4.78, 5) is 35.3. The minimum atomic E-state index is -0.603. The molecule has 28 heavy (non-hydrogen) atoms. The molecule has 0 aromatic heterocycles. The highest BCUT2D eigenvalue weighted by Crippen LogP contribution is 2.30. The number of carbonyl (C=O) groups excluding carboxylic acids is 2. The van der Waals surface area contributed by atoms with Crippen LogP contribution in [0.5, 0.6) is 5.75 Å². The monoisotopic (exact) mass is 384 g/mol. The van der Waals surface area contributed by atoms with Gasteiger partial charge in [-0.05, 0) is 37.1 Å². The van der Waals surface area contributed by atoms with Crippen LogP contribution in [0.3, 0.4) is 0 Å². The van der Waals surface area contributed by atoms with E-state index in [1.807, 2.05) is 30.3 Å². The molecule has 7 nitrogen and oxygen atoms in total.